The molecule has 0 aromatic heterocycles. The summed E-state index contributed by atoms with van der Waals surface area (Å²) < 4.78 is 10.9. The fourth-order valence-electron chi connectivity index (χ4n) is 2.51. The molecule has 6 heteroatoms. The van der Waals surface area contributed by atoms with Crippen LogP contribution in [0.5, 0.6) is 11.5 Å². The van der Waals surface area contributed by atoms with E-state index >= 15 is 0 Å². The summed E-state index contributed by atoms with van der Waals surface area (Å²) in [7, 11) is 1.66. The summed E-state index contributed by atoms with van der Waals surface area (Å²) in [6.07, 6.45) is 1.93. The molecule has 1 aromatic carbocycles. The highest BCUT2D eigenvalue weighted by molar-refractivity contribution is 7.99. The zero-order valence-corrected chi connectivity index (χ0v) is 14.9. The maximum Gasteiger partial charge on any atom is 0.191 e. The molecule has 0 amide bonds. The third-order valence-corrected chi connectivity index (χ3v) is 4.70. The summed E-state index contributed by atoms with van der Waals surface area (Å²) in [4.78, 5) is 6.69. The second-order valence-electron chi connectivity index (χ2n) is 5.36. The van der Waals surface area contributed by atoms with Gasteiger partial charge in [-0.1, -0.05) is 6.07 Å². The molecule has 128 valence electrons. The summed E-state index contributed by atoms with van der Waals surface area (Å²) in [6, 6.07) is 6.09. The van der Waals surface area contributed by atoms with Crippen molar-refractivity contribution in [2.45, 2.75) is 19.8 Å². The first kappa shape index (κ1) is 17.8. The van der Waals surface area contributed by atoms with Gasteiger partial charge in [0.2, 0.25) is 0 Å². The maximum absolute atomic E-state index is 6.06. The number of hydrogen-bond donors (Lipinski definition) is 1. The Labute approximate surface area is 143 Å². The minimum absolute atomic E-state index is 0.634. The van der Waals surface area contributed by atoms with E-state index in [0.717, 1.165) is 55.5 Å². The summed E-state index contributed by atoms with van der Waals surface area (Å²) in [5, 5.41) is 0. The SMILES string of the molecule is CCOc1cc(CCCN=C(N)N2CCSCC2)ccc1OC. The van der Waals surface area contributed by atoms with Crippen LogP contribution in [0.2, 0.25) is 0 Å². The number of nitrogens with two attached hydrogens (primary N) is 1. The Balaban J connectivity index is 1.82. The Morgan fingerprint density at radius 3 is 2.78 bits per heavy atom. The van der Waals surface area contributed by atoms with E-state index in [4.69, 9.17) is 15.2 Å². The van der Waals surface area contributed by atoms with E-state index in [9.17, 15) is 0 Å². The third kappa shape index (κ3) is 5.53. The van der Waals surface area contributed by atoms with Crippen molar-refractivity contribution in [1.29, 1.82) is 0 Å². The van der Waals surface area contributed by atoms with Crippen LogP contribution in [0.3, 0.4) is 0 Å². The van der Waals surface area contributed by atoms with Crippen LogP contribution in [-0.2, 0) is 6.42 Å². The van der Waals surface area contributed by atoms with Gasteiger partial charge in [-0.05, 0) is 37.5 Å². The Morgan fingerprint density at radius 1 is 1.30 bits per heavy atom. The highest BCUT2D eigenvalue weighted by Gasteiger charge is 2.11. The summed E-state index contributed by atoms with van der Waals surface area (Å²) >= 11 is 1.98. The van der Waals surface area contributed by atoms with Crippen molar-refractivity contribution in [2.24, 2.45) is 10.7 Å². The van der Waals surface area contributed by atoms with Gasteiger partial charge < -0.3 is 20.1 Å². The van der Waals surface area contributed by atoms with E-state index in [1.807, 2.05) is 24.8 Å². The molecule has 1 saturated heterocycles. The lowest BCUT2D eigenvalue weighted by atomic mass is 10.1. The quantitative estimate of drug-likeness (QED) is 0.470. The molecule has 1 aromatic rings. The topological polar surface area (TPSA) is 60.1 Å². The zero-order valence-electron chi connectivity index (χ0n) is 14.1. The van der Waals surface area contributed by atoms with Crippen LogP contribution in [0, 0.1) is 0 Å². The fourth-order valence-corrected chi connectivity index (χ4v) is 3.42. The van der Waals surface area contributed by atoms with Crippen LogP contribution in [0.4, 0.5) is 0 Å². The minimum atomic E-state index is 0.634. The van der Waals surface area contributed by atoms with Gasteiger partial charge in [0.1, 0.15) is 0 Å². The standard InChI is InChI=1S/C17H27N3O2S/c1-3-22-16-13-14(6-7-15(16)21-2)5-4-8-19-17(18)20-9-11-23-12-10-20/h6-7,13H,3-5,8-12H2,1-2H3,(H2,18,19). The monoisotopic (exact) mass is 337 g/mol. The largest absolute Gasteiger partial charge is 0.493 e. The molecule has 0 aliphatic carbocycles. The molecule has 0 saturated carbocycles. The van der Waals surface area contributed by atoms with Gasteiger partial charge in [0, 0.05) is 31.1 Å². The van der Waals surface area contributed by atoms with Crippen molar-refractivity contribution in [3.8, 4) is 11.5 Å². The molecule has 0 radical (unpaired) electrons. The molecule has 1 aliphatic heterocycles. The van der Waals surface area contributed by atoms with E-state index in [0.29, 0.717) is 12.6 Å². The molecule has 1 heterocycles. The van der Waals surface area contributed by atoms with Gasteiger partial charge >= 0.3 is 0 Å². The van der Waals surface area contributed by atoms with Crippen LogP contribution in [0.25, 0.3) is 0 Å². The number of aryl methyl sites for hydroxylation is 1. The Bertz CT molecular complexity index is 517. The highest BCUT2D eigenvalue weighted by atomic mass is 32.2. The smallest absolute Gasteiger partial charge is 0.191 e. The van der Waals surface area contributed by atoms with Crippen molar-refractivity contribution < 1.29 is 9.47 Å². The van der Waals surface area contributed by atoms with Crippen molar-refractivity contribution in [3.05, 3.63) is 23.8 Å². The average Bonchev–Trinajstić information content (AvgIpc) is 2.60. The lowest BCUT2D eigenvalue weighted by Crippen LogP contribution is -2.42. The van der Waals surface area contributed by atoms with E-state index in [-0.39, 0.29) is 0 Å². The van der Waals surface area contributed by atoms with Gasteiger partial charge in [-0.25, -0.2) is 0 Å². The normalized spacial score (nSPS) is 15.6. The number of methoxy groups -OCH3 is 1. The van der Waals surface area contributed by atoms with Crippen molar-refractivity contribution in [3.63, 3.8) is 0 Å². The van der Waals surface area contributed by atoms with Crippen molar-refractivity contribution in [2.75, 3.05) is 44.9 Å². The number of benzene rings is 1. The molecular formula is C17H27N3O2S. The van der Waals surface area contributed by atoms with E-state index in [1.54, 1.807) is 7.11 Å². The number of rotatable bonds is 7. The molecule has 0 spiro atoms. The summed E-state index contributed by atoms with van der Waals surface area (Å²) in [5.74, 6) is 4.56. The number of ether oxygens (including phenoxy) is 2. The molecule has 5 nitrogen and oxygen atoms in total. The number of nitrogens with zero attached hydrogens (tertiary/aromatic N) is 2. The molecule has 0 bridgehead atoms. The molecule has 2 N–H and O–H groups in total. The predicted octanol–water partition coefficient (Wildman–Crippen LogP) is 2.39. The molecule has 0 unspecified atom stereocenters. The lowest BCUT2D eigenvalue weighted by Gasteiger charge is -2.27. The molecule has 1 aliphatic rings. The summed E-state index contributed by atoms with van der Waals surface area (Å²) in [6.45, 7) is 5.38. The maximum atomic E-state index is 6.06. The van der Waals surface area contributed by atoms with Crippen LogP contribution >= 0.6 is 11.8 Å². The number of aliphatic imine (C=N–C) groups is 1. The first-order chi connectivity index (χ1) is 11.2. The second-order valence-corrected chi connectivity index (χ2v) is 6.59. The molecule has 23 heavy (non-hydrogen) atoms. The summed E-state index contributed by atoms with van der Waals surface area (Å²) in [5.41, 5.74) is 7.29. The van der Waals surface area contributed by atoms with E-state index in [1.165, 1.54) is 5.56 Å². The molecular weight excluding hydrogens is 310 g/mol. The number of thioether (sulfide) groups is 1. The Morgan fingerprint density at radius 2 is 2.09 bits per heavy atom. The van der Waals surface area contributed by atoms with Crippen molar-refractivity contribution in [1.82, 2.24) is 4.90 Å². The fraction of sp³-hybridized carbons (Fsp3) is 0.588. The van der Waals surface area contributed by atoms with Crippen LogP contribution < -0.4 is 15.2 Å². The van der Waals surface area contributed by atoms with Crippen molar-refractivity contribution >= 4 is 17.7 Å². The molecule has 2 rings (SSSR count). The second kappa shape index (κ2) is 9.55. The molecule has 0 atom stereocenters. The van der Waals surface area contributed by atoms with Crippen LogP contribution in [0.15, 0.2) is 23.2 Å². The van der Waals surface area contributed by atoms with Gasteiger partial charge in [0.25, 0.3) is 0 Å². The first-order valence-electron chi connectivity index (χ1n) is 8.17. The van der Waals surface area contributed by atoms with Gasteiger partial charge in [-0.2, -0.15) is 11.8 Å². The third-order valence-electron chi connectivity index (χ3n) is 3.76. The van der Waals surface area contributed by atoms with E-state index < -0.39 is 0 Å². The number of guanidine groups is 1. The first-order valence-corrected chi connectivity index (χ1v) is 9.32. The van der Waals surface area contributed by atoms with Crippen LogP contribution in [-0.4, -0.2) is 55.7 Å². The predicted molar refractivity (Wildman–Crippen MR) is 97.9 cm³/mol. The average molecular weight is 337 g/mol. The van der Waals surface area contributed by atoms with Gasteiger partial charge in [0.05, 0.1) is 13.7 Å². The Kier molecular flexibility index (Phi) is 7.39. The van der Waals surface area contributed by atoms with Gasteiger partial charge in [0.15, 0.2) is 17.5 Å². The van der Waals surface area contributed by atoms with Gasteiger partial charge in [-0.15, -0.1) is 0 Å². The minimum Gasteiger partial charge on any atom is -0.493 e. The van der Waals surface area contributed by atoms with E-state index in [2.05, 4.69) is 22.0 Å². The van der Waals surface area contributed by atoms with Gasteiger partial charge in [-0.3, -0.25) is 4.99 Å². The van der Waals surface area contributed by atoms with Crippen LogP contribution in [0.1, 0.15) is 18.9 Å². The highest BCUT2D eigenvalue weighted by Crippen LogP contribution is 2.28. The lowest BCUT2D eigenvalue weighted by molar-refractivity contribution is 0.310. The number of hydrogen-bond acceptors (Lipinski definition) is 4. The molecule has 1 fully saturated rings. The zero-order chi connectivity index (χ0) is 16.5. The Hall–Kier alpha value is -1.56.